The van der Waals surface area contributed by atoms with E-state index in [1.165, 1.54) is 29.6 Å². The Morgan fingerprint density at radius 3 is 2.10 bits per heavy atom. The van der Waals surface area contributed by atoms with Crippen molar-refractivity contribution in [2.24, 2.45) is 0 Å². The van der Waals surface area contributed by atoms with Gasteiger partial charge in [-0.25, -0.2) is 4.79 Å². The molecule has 0 aliphatic rings. The lowest BCUT2D eigenvalue weighted by Crippen LogP contribution is -2.52. The van der Waals surface area contributed by atoms with E-state index in [4.69, 9.17) is 5.11 Å². The second-order valence-corrected chi connectivity index (χ2v) is 4.27. The van der Waals surface area contributed by atoms with Gasteiger partial charge in [0.05, 0.1) is 6.04 Å². The molecule has 0 saturated heterocycles. The zero-order valence-electron chi connectivity index (χ0n) is 10.3. The van der Waals surface area contributed by atoms with Gasteiger partial charge in [-0.3, -0.25) is 4.79 Å². The maximum Gasteiger partial charge on any atom is 0.471 e. The van der Waals surface area contributed by atoms with Gasteiger partial charge < -0.3 is 15.5 Å². The van der Waals surface area contributed by atoms with Crippen LogP contribution < -0.4 is 5.32 Å². The van der Waals surface area contributed by atoms with Gasteiger partial charge in [0.1, 0.15) is 0 Å². The van der Waals surface area contributed by atoms with Crippen LogP contribution in [0.1, 0.15) is 18.5 Å². The Morgan fingerprint density at radius 2 is 1.70 bits per heavy atom. The predicted octanol–water partition coefficient (Wildman–Crippen LogP) is 1.24. The molecule has 0 heterocycles. The van der Waals surface area contributed by atoms with Gasteiger partial charge in [0.15, 0.2) is 5.60 Å². The van der Waals surface area contributed by atoms with Crippen LogP contribution in [0.4, 0.5) is 13.2 Å². The summed E-state index contributed by atoms with van der Waals surface area (Å²) in [7, 11) is 0. The Labute approximate surface area is 112 Å². The number of amides is 1. The highest BCUT2D eigenvalue weighted by Crippen LogP contribution is 2.28. The number of carbonyl (C=O) groups is 2. The minimum absolute atomic E-state index is 0.0394. The average molecular weight is 291 g/mol. The van der Waals surface area contributed by atoms with Crippen LogP contribution in [0.15, 0.2) is 30.3 Å². The third kappa shape index (κ3) is 3.47. The molecule has 1 aromatic rings. The largest absolute Gasteiger partial charge is 0.479 e. The van der Waals surface area contributed by atoms with E-state index in [-0.39, 0.29) is 5.56 Å². The second kappa shape index (κ2) is 5.49. The SMILES string of the molecule is CC(O)(C(=O)O)C(NC(=O)C(F)(F)F)c1ccccc1. The zero-order valence-corrected chi connectivity index (χ0v) is 10.3. The third-order valence-electron chi connectivity index (χ3n) is 2.66. The van der Waals surface area contributed by atoms with Gasteiger partial charge >= 0.3 is 18.1 Å². The molecule has 8 heteroatoms. The minimum atomic E-state index is -5.18. The standard InChI is InChI=1S/C12H12F3NO4/c1-11(20,10(18)19)8(7-5-3-2-4-6-7)16-9(17)12(13,14)15/h2-6,8,20H,1H3,(H,16,17)(H,18,19). The van der Waals surface area contributed by atoms with E-state index in [1.54, 1.807) is 6.07 Å². The molecule has 1 rings (SSSR count). The number of aliphatic hydroxyl groups is 1. The predicted molar refractivity (Wildman–Crippen MR) is 61.6 cm³/mol. The fourth-order valence-electron chi connectivity index (χ4n) is 1.53. The summed E-state index contributed by atoms with van der Waals surface area (Å²) in [5, 5.41) is 20.2. The summed E-state index contributed by atoms with van der Waals surface area (Å²) in [6, 6.07) is 5.31. The first-order chi connectivity index (χ1) is 9.06. The Hall–Kier alpha value is -2.09. The van der Waals surface area contributed by atoms with Crippen LogP contribution >= 0.6 is 0 Å². The lowest BCUT2D eigenvalue weighted by atomic mass is 9.90. The van der Waals surface area contributed by atoms with Crippen molar-refractivity contribution in [3.05, 3.63) is 35.9 Å². The highest BCUT2D eigenvalue weighted by Gasteiger charge is 2.46. The zero-order chi connectivity index (χ0) is 15.6. The van der Waals surface area contributed by atoms with Crippen LogP contribution in [-0.4, -0.2) is 33.9 Å². The van der Waals surface area contributed by atoms with Crippen LogP contribution in [0.3, 0.4) is 0 Å². The number of halogens is 3. The molecular weight excluding hydrogens is 279 g/mol. The van der Waals surface area contributed by atoms with E-state index < -0.39 is 29.7 Å². The van der Waals surface area contributed by atoms with E-state index in [9.17, 15) is 27.9 Å². The molecule has 2 atom stereocenters. The summed E-state index contributed by atoms with van der Waals surface area (Å²) in [4.78, 5) is 22.0. The lowest BCUT2D eigenvalue weighted by molar-refractivity contribution is -0.178. The summed E-state index contributed by atoms with van der Waals surface area (Å²) in [6.07, 6.45) is -5.18. The number of alkyl halides is 3. The molecule has 20 heavy (non-hydrogen) atoms. The van der Waals surface area contributed by atoms with Crippen LogP contribution in [-0.2, 0) is 9.59 Å². The lowest BCUT2D eigenvalue weighted by Gasteiger charge is -2.30. The Morgan fingerprint density at radius 1 is 1.20 bits per heavy atom. The molecule has 0 aromatic heterocycles. The molecule has 5 nitrogen and oxygen atoms in total. The molecule has 0 spiro atoms. The molecule has 1 aromatic carbocycles. The fourth-order valence-corrected chi connectivity index (χ4v) is 1.53. The van der Waals surface area contributed by atoms with Crippen LogP contribution in [0.5, 0.6) is 0 Å². The van der Waals surface area contributed by atoms with Gasteiger partial charge in [0.2, 0.25) is 0 Å². The average Bonchev–Trinajstić information content (AvgIpc) is 2.35. The van der Waals surface area contributed by atoms with Crippen molar-refractivity contribution in [2.45, 2.75) is 24.7 Å². The van der Waals surface area contributed by atoms with Gasteiger partial charge in [-0.1, -0.05) is 30.3 Å². The van der Waals surface area contributed by atoms with Gasteiger partial charge in [-0.15, -0.1) is 0 Å². The molecule has 110 valence electrons. The summed E-state index contributed by atoms with van der Waals surface area (Å²) >= 11 is 0. The Balaban J connectivity index is 3.17. The molecule has 0 aliphatic carbocycles. The number of aliphatic carboxylic acids is 1. The molecule has 0 bridgehead atoms. The number of hydrogen-bond donors (Lipinski definition) is 3. The van der Waals surface area contributed by atoms with Crippen molar-refractivity contribution in [2.75, 3.05) is 0 Å². The van der Waals surface area contributed by atoms with Gasteiger partial charge in [-0.05, 0) is 12.5 Å². The van der Waals surface area contributed by atoms with E-state index in [0.29, 0.717) is 0 Å². The number of carboxylic acid groups (broad SMARTS) is 1. The van der Waals surface area contributed by atoms with Crippen molar-refractivity contribution in [3.8, 4) is 0 Å². The molecular formula is C12H12F3NO4. The van der Waals surface area contributed by atoms with E-state index in [0.717, 1.165) is 6.92 Å². The number of rotatable bonds is 4. The summed E-state index contributed by atoms with van der Waals surface area (Å²) in [5.41, 5.74) is -2.56. The van der Waals surface area contributed by atoms with Crippen molar-refractivity contribution < 1.29 is 33.0 Å². The highest BCUT2D eigenvalue weighted by atomic mass is 19.4. The summed E-state index contributed by atoms with van der Waals surface area (Å²) < 4.78 is 36.8. The molecule has 0 radical (unpaired) electrons. The Bertz CT molecular complexity index is 499. The molecule has 3 N–H and O–H groups in total. The maximum atomic E-state index is 12.3. The molecule has 1 amide bonds. The monoisotopic (exact) mass is 291 g/mol. The molecule has 0 saturated carbocycles. The topological polar surface area (TPSA) is 86.6 Å². The molecule has 2 unspecified atom stereocenters. The van der Waals surface area contributed by atoms with Crippen molar-refractivity contribution in [1.82, 2.24) is 5.32 Å². The van der Waals surface area contributed by atoms with Crippen LogP contribution in [0.2, 0.25) is 0 Å². The first-order valence-electron chi connectivity index (χ1n) is 5.45. The minimum Gasteiger partial charge on any atom is -0.479 e. The van der Waals surface area contributed by atoms with E-state index in [1.807, 2.05) is 0 Å². The number of hydrogen-bond acceptors (Lipinski definition) is 3. The number of carboxylic acids is 1. The van der Waals surface area contributed by atoms with Crippen LogP contribution in [0, 0.1) is 0 Å². The summed E-state index contributed by atoms with van der Waals surface area (Å²) in [6.45, 7) is 0.809. The van der Waals surface area contributed by atoms with Gasteiger partial charge in [0, 0.05) is 0 Å². The number of benzene rings is 1. The fraction of sp³-hybridized carbons (Fsp3) is 0.333. The van der Waals surface area contributed by atoms with E-state index in [2.05, 4.69) is 0 Å². The van der Waals surface area contributed by atoms with Crippen molar-refractivity contribution >= 4 is 11.9 Å². The van der Waals surface area contributed by atoms with E-state index >= 15 is 0 Å². The normalized spacial score (nSPS) is 16.1. The Kier molecular flexibility index (Phi) is 4.39. The van der Waals surface area contributed by atoms with Gasteiger partial charge in [-0.2, -0.15) is 13.2 Å². The van der Waals surface area contributed by atoms with Crippen molar-refractivity contribution in [1.29, 1.82) is 0 Å². The number of carbonyl (C=O) groups excluding carboxylic acids is 1. The van der Waals surface area contributed by atoms with Crippen LogP contribution in [0.25, 0.3) is 0 Å². The summed E-state index contributed by atoms with van der Waals surface area (Å²) in [5.74, 6) is -4.08. The third-order valence-corrected chi connectivity index (χ3v) is 2.66. The smallest absolute Gasteiger partial charge is 0.471 e. The maximum absolute atomic E-state index is 12.3. The first-order valence-corrected chi connectivity index (χ1v) is 5.45. The van der Waals surface area contributed by atoms with Gasteiger partial charge in [0.25, 0.3) is 0 Å². The molecule has 0 aliphatic heterocycles. The highest BCUT2D eigenvalue weighted by molar-refractivity contribution is 5.84. The van der Waals surface area contributed by atoms with Crippen molar-refractivity contribution in [3.63, 3.8) is 0 Å². The molecule has 0 fully saturated rings. The first kappa shape index (κ1) is 16.0. The quantitative estimate of drug-likeness (QED) is 0.779. The second-order valence-electron chi connectivity index (χ2n) is 4.27. The number of nitrogens with one attached hydrogen (secondary N) is 1.